The van der Waals surface area contributed by atoms with Gasteiger partial charge in [-0.1, -0.05) is 12.1 Å². The van der Waals surface area contributed by atoms with Gasteiger partial charge >= 0.3 is 0 Å². The predicted molar refractivity (Wildman–Crippen MR) is 73.4 cm³/mol. The highest BCUT2D eigenvalue weighted by molar-refractivity contribution is 5.94. The number of carbonyl (C=O) groups is 1. The predicted octanol–water partition coefficient (Wildman–Crippen LogP) is 3.76. The minimum Gasteiger partial charge on any atom is -0.346 e. The number of carbonyl (C=O) groups excluding carboxylic acids is 1. The van der Waals surface area contributed by atoms with Crippen LogP contribution in [0.25, 0.3) is 0 Å². The molecular weight excluding hydrogens is 260 g/mol. The molecule has 2 rings (SSSR count). The highest BCUT2D eigenvalue weighted by Gasteiger charge is 2.12. The summed E-state index contributed by atoms with van der Waals surface area (Å²) in [7, 11) is 0. The Bertz CT molecular complexity index is 623. The van der Waals surface area contributed by atoms with E-state index in [9.17, 15) is 13.6 Å². The van der Waals surface area contributed by atoms with Crippen LogP contribution >= 0.6 is 0 Å². The molecule has 0 fully saturated rings. The molecule has 0 spiro atoms. The molecule has 0 heterocycles. The first kappa shape index (κ1) is 14.2. The van der Waals surface area contributed by atoms with Gasteiger partial charge in [0.05, 0.1) is 6.04 Å². The molecule has 1 amide bonds. The summed E-state index contributed by atoms with van der Waals surface area (Å²) in [6.07, 6.45) is 0. The van der Waals surface area contributed by atoms with Gasteiger partial charge in [-0.05, 0) is 55.3 Å². The number of amides is 1. The smallest absolute Gasteiger partial charge is 0.251 e. The van der Waals surface area contributed by atoms with E-state index < -0.39 is 5.82 Å². The SMILES string of the molecule is Cc1ccc(C(C)NC(=O)c2ccc(F)cc2)cc1F. The first-order valence-electron chi connectivity index (χ1n) is 6.30. The summed E-state index contributed by atoms with van der Waals surface area (Å²) in [4.78, 5) is 12.0. The fourth-order valence-corrected chi connectivity index (χ4v) is 1.84. The minimum absolute atomic E-state index is 0.301. The van der Waals surface area contributed by atoms with Crippen LogP contribution in [0.3, 0.4) is 0 Å². The van der Waals surface area contributed by atoms with Crippen LogP contribution in [0.5, 0.6) is 0 Å². The second-order valence-electron chi connectivity index (χ2n) is 4.71. The van der Waals surface area contributed by atoms with E-state index in [1.54, 1.807) is 26.0 Å². The number of nitrogens with one attached hydrogen (secondary N) is 1. The Morgan fingerprint density at radius 3 is 2.35 bits per heavy atom. The Labute approximate surface area is 116 Å². The van der Waals surface area contributed by atoms with Crippen LogP contribution in [0.4, 0.5) is 8.78 Å². The number of rotatable bonds is 3. The molecule has 0 radical (unpaired) electrons. The minimum atomic E-state index is -0.393. The van der Waals surface area contributed by atoms with Crippen LogP contribution in [0.2, 0.25) is 0 Å². The van der Waals surface area contributed by atoms with Crippen molar-refractivity contribution in [3.63, 3.8) is 0 Å². The van der Waals surface area contributed by atoms with Gasteiger partial charge in [0.2, 0.25) is 0 Å². The summed E-state index contributed by atoms with van der Waals surface area (Å²) in [5.74, 6) is -1.01. The highest BCUT2D eigenvalue weighted by atomic mass is 19.1. The zero-order valence-electron chi connectivity index (χ0n) is 11.3. The monoisotopic (exact) mass is 275 g/mol. The molecule has 0 aliphatic heterocycles. The van der Waals surface area contributed by atoms with Crippen molar-refractivity contribution in [2.75, 3.05) is 0 Å². The molecule has 1 atom stereocenters. The van der Waals surface area contributed by atoms with E-state index in [2.05, 4.69) is 5.32 Å². The fraction of sp³-hybridized carbons (Fsp3) is 0.188. The van der Waals surface area contributed by atoms with Crippen LogP contribution in [0.15, 0.2) is 42.5 Å². The zero-order valence-corrected chi connectivity index (χ0v) is 11.3. The van der Waals surface area contributed by atoms with Gasteiger partial charge in [0.15, 0.2) is 0 Å². The molecule has 0 bridgehead atoms. The Hall–Kier alpha value is -2.23. The van der Waals surface area contributed by atoms with E-state index in [4.69, 9.17) is 0 Å². The van der Waals surface area contributed by atoms with Gasteiger partial charge in [-0.15, -0.1) is 0 Å². The average Bonchev–Trinajstić information content (AvgIpc) is 2.42. The average molecular weight is 275 g/mol. The van der Waals surface area contributed by atoms with Crippen LogP contribution in [-0.2, 0) is 0 Å². The molecule has 0 saturated carbocycles. The van der Waals surface area contributed by atoms with E-state index in [0.717, 1.165) is 0 Å². The molecule has 0 aliphatic rings. The third-order valence-corrected chi connectivity index (χ3v) is 3.15. The summed E-state index contributed by atoms with van der Waals surface area (Å²) in [6.45, 7) is 3.45. The maximum absolute atomic E-state index is 13.5. The van der Waals surface area contributed by atoms with E-state index in [1.165, 1.54) is 30.3 Å². The summed E-state index contributed by atoms with van der Waals surface area (Å²) >= 11 is 0. The van der Waals surface area contributed by atoms with Gasteiger partial charge < -0.3 is 5.32 Å². The molecule has 0 saturated heterocycles. The molecule has 104 valence electrons. The van der Waals surface area contributed by atoms with E-state index in [-0.39, 0.29) is 17.8 Å². The van der Waals surface area contributed by atoms with Crippen molar-refractivity contribution in [3.8, 4) is 0 Å². The number of benzene rings is 2. The molecule has 4 heteroatoms. The normalized spacial score (nSPS) is 12.0. The summed E-state index contributed by atoms with van der Waals surface area (Å²) in [5, 5.41) is 2.75. The largest absolute Gasteiger partial charge is 0.346 e. The first-order chi connectivity index (χ1) is 9.47. The number of halogens is 2. The lowest BCUT2D eigenvalue weighted by Gasteiger charge is -2.15. The van der Waals surface area contributed by atoms with Gasteiger partial charge in [0, 0.05) is 5.56 Å². The number of hydrogen-bond acceptors (Lipinski definition) is 1. The molecule has 0 aliphatic carbocycles. The fourth-order valence-electron chi connectivity index (χ4n) is 1.84. The van der Waals surface area contributed by atoms with Gasteiger partial charge in [0.1, 0.15) is 11.6 Å². The molecule has 20 heavy (non-hydrogen) atoms. The Morgan fingerprint density at radius 1 is 1.10 bits per heavy atom. The first-order valence-corrected chi connectivity index (χ1v) is 6.30. The number of aryl methyl sites for hydroxylation is 1. The maximum Gasteiger partial charge on any atom is 0.251 e. The van der Waals surface area contributed by atoms with Crippen molar-refractivity contribution in [3.05, 3.63) is 70.8 Å². The van der Waals surface area contributed by atoms with Crippen molar-refractivity contribution < 1.29 is 13.6 Å². The van der Waals surface area contributed by atoms with E-state index in [1.807, 2.05) is 0 Å². The molecule has 1 unspecified atom stereocenters. The van der Waals surface area contributed by atoms with Gasteiger partial charge in [-0.3, -0.25) is 4.79 Å². The summed E-state index contributed by atoms with van der Waals surface area (Å²) in [6, 6.07) is 9.79. The Kier molecular flexibility index (Phi) is 4.13. The lowest BCUT2D eigenvalue weighted by Crippen LogP contribution is -2.26. The van der Waals surface area contributed by atoms with Gasteiger partial charge in [-0.25, -0.2) is 8.78 Å². The van der Waals surface area contributed by atoms with Gasteiger partial charge in [-0.2, -0.15) is 0 Å². The Morgan fingerprint density at radius 2 is 1.75 bits per heavy atom. The van der Waals surface area contributed by atoms with E-state index >= 15 is 0 Å². The van der Waals surface area contributed by atoms with Crippen molar-refractivity contribution >= 4 is 5.91 Å². The maximum atomic E-state index is 13.5. The molecular formula is C16H15F2NO. The quantitative estimate of drug-likeness (QED) is 0.907. The lowest BCUT2D eigenvalue weighted by atomic mass is 10.1. The summed E-state index contributed by atoms with van der Waals surface area (Å²) < 4.78 is 26.3. The van der Waals surface area contributed by atoms with Gasteiger partial charge in [0.25, 0.3) is 5.91 Å². The van der Waals surface area contributed by atoms with Crippen molar-refractivity contribution in [2.24, 2.45) is 0 Å². The second kappa shape index (κ2) is 5.82. The van der Waals surface area contributed by atoms with Crippen LogP contribution < -0.4 is 5.32 Å². The molecule has 0 aromatic heterocycles. The third-order valence-electron chi connectivity index (χ3n) is 3.15. The van der Waals surface area contributed by atoms with Crippen molar-refractivity contribution in [1.82, 2.24) is 5.32 Å². The van der Waals surface area contributed by atoms with Crippen molar-refractivity contribution in [1.29, 1.82) is 0 Å². The van der Waals surface area contributed by atoms with Crippen LogP contribution in [0.1, 0.15) is 34.5 Å². The molecule has 2 nitrogen and oxygen atoms in total. The summed E-state index contributed by atoms with van der Waals surface area (Å²) in [5.41, 5.74) is 1.61. The molecule has 1 N–H and O–H groups in total. The van der Waals surface area contributed by atoms with E-state index in [0.29, 0.717) is 16.7 Å². The second-order valence-corrected chi connectivity index (χ2v) is 4.71. The van der Waals surface area contributed by atoms with Crippen LogP contribution in [0, 0.1) is 18.6 Å². The zero-order chi connectivity index (χ0) is 14.7. The van der Waals surface area contributed by atoms with Crippen molar-refractivity contribution in [2.45, 2.75) is 19.9 Å². The topological polar surface area (TPSA) is 29.1 Å². The highest BCUT2D eigenvalue weighted by Crippen LogP contribution is 2.17. The standard InChI is InChI=1S/C16H15F2NO/c1-10-3-4-13(9-15(10)18)11(2)19-16(20)12-5-7-14(17)8-6-12/h3-9,11H,1-2H3,(H,19,20). The Balaban J connectivity index is 2.10. The van der Waals surface area contributed by atoms with Crippen LogP contribution in [-0.4, -0.2) is 5.91 Å². The molecule has 2 aromatic carbocycles. The molecule has 2 aromatic rings. The third kappa shape index (κ3) is 3.20. The number of hydrogen-bond donors (Lipinski definition) is 1. The lowest BCUT2D eigenvalue weighted by molar-refractivity contribution is 0.0940.